The second-order valence-corrected chi connectivity index (χ2v) is 6.21. The topological polar surface area (TPSA) is 104 Å². The van der Waals surface area contributed by atoms with E-state index in [1.807, 2.05) is 0 Å². The normalized spacial score (nSPS) is 16.7. The Bertz CT molecular complexity index is 1030. The van der Waals surface area contributed by atoms with E-state index in [0.29, 0.717) is 12.1 Å². The molecule has 1 saturated heterocycles. The first-order valence-corrected chi connectivity index (χ1v) is 8.33. The highest BCUT2D eigenvalue weighted by Gasteiger charge is 2.40. The summed E-state index contributed by atoms with van der Waals surface area (Å²) in [7, 11) is 1.26. The van der Waals surface area contributed by atoms with Crippen LogP contribution >= 0.6 is 0 Å². The summed E-state index contributed by atoms with van der Waals surface area (Å²) < 4.78 is 78.7. The van der Waals surface area contributed by atoms with Crippen LogP contribution < -0.4 is 0 Å². The fraction of sp³-hybridized carbons (Fsp3) is 0.312. The monoisotopic (exact) mass is 450 g/mol. The van der Waals surface area contributed by atoms with E-state index in [0.717, 1.165) is 27.0 Å². The van der Waals surface area contributed by atoms with Crippen molar-refractivity contribution in [1.29, 1.82) is 0 Å². The zero-order valence-corrected chi connectivity index (χ0v) is 15.4. The Hall–Kier alpha value is -3.49. The molecule has 3 amide bonds. The maximum atomic E-state index is 13.0. The summed E-state index contributed by atoms with van der Waals surface area (Å²) in [5, 5.41) is 12.7. The average molecular weight is 450 g/mol. The van der Waals surface area contributed by atoms with Crippen molar-refractivity contribution in [2.24, 2.45) is 0 Å². The number of aliphatic hydroxyl groups excluding tert-OH is 1. The second kappa shape index (κ2) is 7.64. The van der Waals surface area contributed by atoms with Crippen LogP contribution in [0.2, 0.25) is 0 Å². The Balaban J connectivity index is 2.00. The number of hydrogen-bond acceptors (Lipinski definition) is 6. The molecule has 1 aliphatic rings. The van der Waals surface area contributed by atoms with Crippen molar-refractivity contribution in [3.8, 4) is 11.4 Å². The zero-order valence-electron chi connectivity index (χ0n) is 15.4. The minimum atomic E-state index is -5.14. The number of aromatic nitrogens is 4. The smallest absolute Gasteiger partial charge is 0.395 e. The van der Waals surface area contributed by atoms with Gasteiger partial charge in [0.15, 0.2) is 5.82 Å². The van der Waals surface area contributed by atoms with Crippen molar-refractivity contribution < 1.29 is 41.0 Å². The first-order valence-electron chi connectivity index (χ1n) is 8.33. The Morgan fingerprint density at radius 2 is 1.65 bits per heavy atom. The number of urea groups is 1. The molecule has 0 unspecified atom stereocenters. The molecule has 1 aliphatic heterocycles. The van der Waals surface area contributed by atoms with Crippen molar-refractivity contribution in [3.63, 3.8) is 0 Å². The molecule has 2 aromatic heterocycles. The fourth-order valence-electron chi connectivity index (χ4n) is 2.64. The van der Waals surface area contributed by atoms with E-state index in [9.17, 15) is 35.9 Å². The second-order valence-electron chi connectivity index (χ2n) is 6.21. The lowest BCUT2D eigenvalue weighted by atomic mass is 10.1. The highest BCUT2D eigenvalue weighted by atomic mass is 19.4. The van der Waals surface area contributed by atoms with Crippen LogP contribution in [-0.4, -0.2) is 66.8 Å². The molecule has 0 spiro atoms. The molecule has 3 heterocycles. The number of aliphatic hydroxyl groups is 1. The van der Waals surface area contributed by atoms with Gasteiger partial charge in [-0.3, -0.25) is 14.6 Å². The predicted molar refractivity (Wildman–Crippen MR) is 89.5 cm³/mol. The number of halogens is 6. The average Bonchev–Trinajstić information content (AvgIpc) is 3.22. The molecular formula is C16H12F6N6O3. The highest BCUT2D eigenvalue weighted by Crippen LogP contribution is 2.35. The molecule has 1 N–H and O–H groups in total. The quantitative estimate of drug-likeness (QED) is 0.435. The molecule has 0 aromatic carbocycles. The van der Waals surface area contributed by atoms with Crippen molar-refractivity contribution in [2.75, 3.05) is 20.2 Å². The molecule has 0 radical (unpaired) electrons. The number of rotatable bonds is 4. The van der Waals surface area contributed by atoms with Crippen molar-refractivity contribution >= 4 is 18.1 Å². The molecular weight excluding hydrogens is 438 g/mol. The number of alkyl halides is 6. The van der Waals surface area contributed by atoms with E-state index in [1.165, 1.54) is 7.05 Å². The van der Waals surface area contributed by atoms with Gasteiger partial charge in [0.1, 0.15) is 23.4 Å². The van der Waals surface area contributed by atoms with Crippen LogP contribution in [-0.2, 0) is 17.1 Å². The summed E-state index contributed by atoms with van der Waals surface area (Å²) in [4.78, 5) is 32.3. The number of pyridine rings is 1. The van der Waals surface area contributed by atoms with Gasteiger partial charge in [-0.2, -0.15) is 26.3 Å². The number of hydrogen-bond donors (Lipinski definition) is 1. The summed E-state index contributed by atoms with van der Waals surface area (Å²) in [6, 6.07) is -0.00700. The van der Waals surface area contributed by atoms with Crippen molar-refractivity contribution in [2.45, 2.75) is 12.4 Å². The molecule has 0 bridgehead atoms. The highest BCUT2D eigenvalue weighted by molar-refractivity contribution is 6.13. The van der Waals surface area contributed by atoms with Gasteiger partial charge in [0.25, 0.3) is 5.91 Å². The van der Waals surface area contributed by atoms with Crippen LogP contribution in [0.5, 0.6) is 0 Å². The van der Waals surface area contributed by atoms with Gasteiger partial charge >= 0.3 is 18.4 Å². The van der Waals surface area contributed by atoms with Gasteiger partial charge in [-0.05, 0) is 12.1 Å². The molecule has 2 aromatic rings. The summed E-state index contributed by atoms with van der Waals surface area (Å²) in [6.45, 7) is -0.739. The number of amides is 3. The van der Waals surface area contributed by atoms with Crippen LogP contribution in [0.1, 0.15) is 11.4 Å². The molecule has 0 aliphatic carbocycles. The van der Waals surface area contributed by atoms with Crippen molar-refractivity contribution in [3.05, 3.63) is 35.5 Å². The molecule has 3 rings (SSSR count). The lowest BCUT2D eigenvalue weighted by molar-refractivity contribution is -0.150. The Labute approximate surface area is 169 Å². The maximum Gasteiger partial charge on any atom is 0.433 e. The number of carbonyl (C=O) groups is 2. The third-order valence-electron chi connectivity index (χ3n) is 4.09. The van der Waals surface area contributed by atoms with E-state index >= 15 is 0 Å². The third-order valence-corrected chi connectivity index (χ3v) is 4.09. The SMILES string of the molecule is CN1C(=O)N(CCO)C(=O)/C1=C/n1cnc(-c2cc(C(F)(F)F)nc(C(F)(F)F)c2)n1. The fourth-order valence-corrected chi connectivity index (χ4v) is 2.64. The summed E-state index contributed by atoms with van der Waals surface area (Å²) >= 11 is 0. The first kappa shape index (κ1) is 22.2. The van der Waals surface area contributed by atoms with Gasteiger partial charge in [0.05, 0.1) is 19.4 Å². The van der Waals surface area contributed by atoms with Gasteiger partial charge in [0, 0.05) is 12.6 Å². The standard InChI is InChI=1S/C16H12F6N6O3/c1-26-9(13(30)28(2-3-29)14(26)31)6-27-7-23-12(25-27)8-4-10(15(17,18)19)24-11(5-8)16(20,21)22/h4-7,29H,2-3H2,1H3/b9-6-. The third kappa shape index (κ3) is 4.35. The van der Waals surface area contributed by atoms with Gasteiger partial charge in [0.2, 0.25) is 0 Å². The summed E-state index contributed by atoms with van der Waals surface area (Å²) in [5.41, 5.74) is -4.35. The zero-order chi connectivity index (χ0) is 23.1. The maximum absolute atomic E-state index is 13.0. The van der Waals surface area contributed by atoms with Crippen LogP contribution in [0, 0.1) is 0 Å². The summed E-state index contributed by atoms with van der Waals surface area (Å²) in [6.07, 6.45) is -8.33. The van der Waals surface area contributed by atoms with Crippen LogP contribution in [0.25, 0.3) is 17.6 Å². The number of β-amino-alcohol motifs (C(OH)–C–C–N with tert-alkyl or cyclic N) is 1. The van der Waals surface area contributed by atoms with Crippen molar-refractivity contribution in [1.82, 2.24) is 29.5 Å². The molecule has 0 atom stereocenters. The Morgan fingerprint density at radius 3 is 2.16 bits per heavy atom. The number of likely N-dealkylation sites (N-methyl/N-ethyl adjacent to an activating group) is 1. The van der Waals surface area contributed by atoms with Gasteiger partial charge < -0.3 is 5.11 Å². The van der Waals surface area contributed by atoms with Crippen LogP contribution in [0.4, 0.5) is 31.1 Å². The van der Waals surface area contributed by atoms with E-state index in [4.69, 9.17) is 5.11 Å². The molecule has 1 fully saturated rings. The van der Waals surface area contributed by atoms with Crippen LogP contribution in [0.3, 0.4) is 0 Å². The Morgan fingerprint density at radius 1 is 1.06 bits per heavy atom. The molecule has 9 nitrogen and oxygen atoms in total. The van der Waals surface area contributed by atoms with Crippen LogP contribution in [0.15, 0.2) is 24.2 Å². The van der Waals surface area contributed by atoms with Gasteiger partial charge in [-0.15, -0.1) is 5.10 Å². The Kier molecular flexibility index (Phi) is 5.47. The van der Waals surface area contributed by atoms with E-state index in [1.54, 1.807) is 0 Å². The molecule has 31 heavy (non-hydrogen) atoms. The largest absolute Gasteiger partial charge is 0.433 e. The van der Waals surface area contributed by atoms with Gasteiger partial charge in [-0.1, -0.05) is 0 Å². The van der Waals surface area contributed by atoms with E-state index in [2.05, 4.69) is 15.1 Å². The number of imide groups is 1. The number of nitrogens with zero attached hydrogens (tertiary/aromatic N) is 6. The molecule has 15 heteroatoms. The summed E-state index contributed by atoms with van der Waals surface area (Å²) in [5.74, 6) is -1.27. The lowest BCUT2D eigenvalue weighted by Crippen LogP contribution is -2.33. The first-order chi connectivity index (χ1) is 14.3. The van der Waals surface area contributed by atoms with Gasteiger partial charge in [-0.25, -0.2) is 19.4 Å². The number of carbonyl (C=O) groups excluding carboxylic acids is 2. The molecule has 166 valence electrons. The minimum absolute atomic E-state index is 0.198. The molecule has 0 saturated carbocycles. The minimum Gasteiger partial charge on any atom is -0.395 e. The van der Waals surface area contributed by atoms with E-state index < -0.39 is 53.7 Å². The van der Waals surface area contributed by atoms with E-state index in [-0.39, 0.29) is 12.2 Å². The predicted octanol–water partition coefficient (Wildman–Crippen LogP) is 2.06. The lowest BCUT2D eigenvalue weighted by Gasteiger charge is -2.11.